The van der Waals surface area contributed by atoms with Crippen molar-refractivity contribution in [3.05, 3.63) is 35.4 Å². The van der Waals surface area contributed by atoms with Gasteiger partial charge in [-0.15, -0.1) is 11.8 Å². The standard InChI is InChI=1S/C16H21NO2S/c1-16(2,3)19-15(18)12-20-11-14-8-6-13(7-9-14)5-4-10-17/h6-9H,10-12,17H2,1-3H3. The lowest BCUT2D eigenvalue weighted by Crippen LogP contribution is -2.24. The smallest absolute Gasteiger partial charge is 0.316 e. The molecule has 1 aromatic rings. The summed E-state index contributed by atoms with van der Waals surface area (Å²) in [5, 5.41) is 0. The van der Waals surface area contributed by atoms with Crippen LogP contribution < -0.4 is 5.73 Å². The number of nitrogens with two attached hydrogens (primary N) is 1. The second-order valence-corrected chi connectivity index (χ2v) is 6.27. The average Bonchev–Trinajstić information content (AvgIpc) is 2.35. The van der Waals surface area contributed by atoms with Crippen molar-refractivity contribution in [3.8, 4) is 11.8 Å². The van der Waals surface area contributed by atoms with Crippen LogP contribution in [0, 0.1) is 11.8 Å². The van der Waals surface area contributed by atoms with E-state index in [1.165, 1.54) is 0 Å². The number of carbonyl (C=O) groups is 1. The number of hydrogen-bond acceptors (Lipinski definition) is 4. The summed E-state index contributed by atoms with van der Waals surface area (Å²) in [6, 6.07) is 7.96. The Balaban J connectivity index is 2.37. The number of rotatable bonds is 4. The van der Waals surface area contributed by atoms with Crippen LogP contribution >= 0.6 is 11.8 Å². The first-order chi connectivity index (χ1) is 9.40. The molecule has 0 radical (unpaired) electrons. The van der Waals surface area contributed by atoms with Crippen LogP contribution in [-0.2, 0) is 15.3 Å². The summed E-state index contributed by atoms with van der Waals surface area (Å²) in [7, 11) is 0. The lowest BCUT2D eigenvalue weighted by Gasteiger charge is -2.19. The highest BCUT2D eigenvalue weighted by Crippen LogP contribution is 2.15. The molecule has 0 saturated carbocycles. The molecular weight excluding hydrogens is 270 g/mol. The zero-order valence-electron chi connectivity index (χ0n) is 12.2. The van der Waals surface area contributed by atoms with Crippen molar-refractivity contribution < 1.29 is 9.53 Å². The van der Waals surface area contributed by atoms with Crippen molar-refractivity contribution in [2.75, 3.05) is 12.3 Å². The van der Waals surface area contributed by atoms with Gasteiger partial charge >= 0.3 is 5.97 Å². The first kappa shape index (κ1) is 16.6. The average molecular weight is 291 g/mol. The molecule has 108 valence electrons. The molecule has 0 amide bonds. The number of thioether (sulfide) groups is 1. The van der Waals surface area contributed by atoms with Crippen molar-refractivity contribution in [2.24, 2.45) is 5.73 Å². The molecule has 20 heavy (non-hydrogen) atoms. The predicted molar refractivity (Wildman–Crippen MR) is 84.4 cm³/mol. The maximum Gasteiger partial charge on any atom is 0.316 e. The van der Waals surface area contributed by atoms with E-state index in [1.54, 1.807) is 11.8 Å². The minimum atomic E-state index is -0.416. The second kappa shape index (κ2) is 7.98. The SMILES string of the molecule is CC(C)(C)OC(=O)CSCc1ccc(C#CCN)cc1. The van der Waals surface area contributed by atoms with Gasteiger partial charge in [0.2, 0.25) is 0 Å². The summed E-state index contributed by atoms with van der Waals surface area (Å²) in [6.07, 6.45) is 0. The van der Waals surface area contributed by atoms with Crippen LogP contribution in [0.2, 0.25) is 0 Å². The van der Waals surface area contributed by atoms with Gasteiger partial charge in [-0.05, 0) is 38.5 Å². The monoisotopic (exact) mass is 291 g/mol. The zero-order valence-corrected chi connectivity index (χ0v) is 13.0. The Morgan fingerprint density at radius 3 is 2.50 bits per heavy atom. The third-order valence-corrected chi connectivity index (χ3v) is 3.17. The Morgan fingerprint density at radius 2 is 1.95 bits per heavy atom. The number of benzene rings is 1. The minimum absolute atomic E-state index is 0.173. The molecule has 0 fully saturated rings. The molecule has 2 N–H and O–H groups in total. The molecule has 3 nitrogen and oxygen atoms in total. The number of ether oxygens (including phenoxy) is 1. The van der Waals surface area contributed by atoms with Gasteiger partial charge in [0.05, 0.1) is 12.3 Å². The summed E-state index contributed by atoms with van der Waals surface area (Å²) < 4.78 is 5.25. The summed E-state index contributed by atoms with van der Waals surface area (Å²) in [5.41, 5.74) is 7.03. The Labute approximate surface area is 125 Å². The Kier molecular flexibility index (Phi) is 6.63. The van der Waals surface area contributed by atoms with E-state index in [0.29, 0.717) is 12.3 Å². The molecule has 0 atom stereocenters. The van der Waals surface area contributed by atoms with Gasteiger partial charge in [0.25, 0.3) is 0 Å². The fourth-order valence-corrected chi connectivity index (χ4v) is 2.22. The van der Waals surface area contributed by atoms with E-state index in [-0.39, 0.29) is 5.97 Å². The van der Waals surface area contributed by atoms with Crippen molar-refractivity contribution in [1.29, 1.82) is 0 Å². The highest BCUT2D eigenvalue weighted by atomic mass is 32.2. The molecule has 0 aromatic heterocycles. The third kappa shape index (κ3) is 7.22. The van der Waals surface area contributed by atoms with Crippen molar-refractivity contribution in [2.45, 2.75) is 32.1 Å². The van der Waals surface area contributed by atoms with Gasteiger partial charge in [0.1, 0.15) is 5.60 Å². The van der Waals surface area contributed by atoms with Crippen molar-refractivity contribution >= 4 is 17.7 Å². The fraction of sp³-hybridized carbons (Fsp3) is 0.438. The summed E-state index contributed by atoms with van der Waals surface area (Å²) in [4.78, 5) is 11.5. The molecule has 1 rings (SSSR count). The normalized spacial score (nSPS) is 10.6. The van der Waals surface area contributed by atoms with Gasteiger partial charge in [0.15, 0.2) is 0 Å². The van der Waals surface area contributed by atoms with E-state index in [1.807, 2.05) is 45.0 Å². The van der Waals surface area contributed by atoms with E-state index in [0.717, 1.165) is 16.9 Å². The van der Waals surface area contributed by atoms with Gasteiger partial charge < -0.3 is 10.5 Å². The second-order valence-electron chi connectivity index (χ2n) is 5.28. The van der Waals surface area contributed by atoms with Crippen molar-refractivity contribution in [3.63, 3.8) is 0 Å². The summed E-state index contributed by atoms with van der Waals surface area (Å²) >= 11 is 1.55. The van der Waals surface area contributed by atoms with Crippen LogP contribution in [0.1, 0.15) is 31.9 Å². The van der Waals surface area contributed by atoms with Crippen molar-refractivity contribution in [1.82, 2.24) is 0 Å². The van der Waals surface area contributed by atoms with E-state index >= 15 is 0 Å². The Morgan fingerprint density at radius 1 is 1.30 bits per heavy atom. The molecule has 0 saturated heterocycles. The Hall–Kier alpha value is -1.44. The van der Waals surface area contributed by atoms with Gasteiger partial charge in [-0.25, -0.2) is 0 Å². The highest BCUT2D eigenvalue weighted by molar-refractivity contribution is 7.99. The van der Waals surface area contributed by atoms with Gasteiger partial charge in [0, 0.05) is 11.3 Å². The number of esters is 1. The quantitative estimate of drug-likeness (QED) is 0.684. The molecule has 0 heterocycles. The maximum atomic E-state index is 11.5. The largest absolute Gasteiger partial charge is 0.459 e. The maximum absolute atomic E-state index is 11.5. The molecule has 0 aliphatic carbocycles. The molecule has 4 heteroatoms. The number of carbonyl (C=O) groups excluding carboxylic acids is 1. The van der Waals surface area contributed by atoms with Crippen LogP contribution in [0.25, 0.3) is 0 Å². The van der Waals surface area contributed by atoms with Gasteiger partial charge in [-0.2, -0.15) is 0 Å². The first-order valence-corrected chi connectivity index (χ1v) is 7.63. The third-order valence-electron chi connectivity index (χ3n) is 2.20. The lowest BCUT2D eigenvalue weighted by molar-refractivity contribution is -0.151. The molecule has 0 spiro atoms. The molecule has 0 bridgehead atoms. The van der Waals surface area contributed by atoms with Gasteiger partial charge in [-0.3, -0.25) is 4.79 Å². The summed E-state index contributed by atoms with van der Waals surface area (Å²) in [6.45, 7) is 5.98. The topological polar surface area (TPSA) is 52.3 Å². The summed E-state index contributed by atoms with van der Waals surface area (Å²) in [5.74, 6) is 6.77. The molecule has 0 aliphatic rings. The van der Waals surface area contributed by atoms with E-state index in [4.69, 9.17) is 10.5 Å². The predicted octanol–water partition coefficient (Wildman–Crippen LogP) is 2.57. The van der Waals surface area contributed by atoms with Crippen LogP contribution in [0.5, 0.6) is 0 Å². The van der Waals surface area contributed by atoms with Crippen LogP contribution in [0.4, 0.5) is 0 Å². The molecule has 1 aromatic carbocycles. The van der Waals surface area contributed by atoms with Crippen LogP contribution in [-0.4, -0.2) is 23.9 Å². The van der Waals surface area contributed by atoms with E-state index in [9.17, 15) is 4.79 Å². The van der Waals surface area contributed by atoms with Crippen LogP contribution in [0.15, 0.2) is 24.3 Å². The van der Waals surface area contributed by atoms with E-state index < -0.39 is 5.60 Å². The molecule has 0 aliphatic heterocycles. The lowest BCUT2D eigenvalue weighted by atomic mass is 10.1. The minimum Gasteiger partial charge on any atom is -0.459 e. The van der Waals surface area contributed by atoms with Gasteiger partial charge in [-0.1, -0.05) is 24.0 Å². The first-order valence-electron chi connectivity index (χ1n) is 6.48. The zero-order chi connectivity index (χ0) is 15.0. The highest BCUT2D eigenvalue weighted by Gasteiger charge is 2.15. The van der Waals surface area contributed by atoms with E-state index in [2.05, 4.69) is 11.8 Å². The Bertz CT molecular complexity index is 492. The number of hydrogen-bond donors (Lipinski definition) is 1. The molecule has 0 unspecified atom stereocenters. The molecular formula is C16H21NO2S. The fourth-order valence-electron chi connectivity index (χ4n) is 1.46. The van der Waals surface area contributed by atoms with Crippen LogP contribution in [0.3, 0.4) is 0 Å².